The fourth-order valence-electron chi connectivity index (χ4n) is 2.40. The Balaban J connectivity index is 2.35. The molecule has 2 atom stereocenters. The molecule has 106 valence electrons. The smallest absolute Gasteiger partial charge is 0.223 e. The maximum atomic E-state index is 12.1. The zero-order valence-corrected chi connectivity index (χ0v) is 12.0. The van der Waals surface area contributed by atoms with Crippen LogP contribution in [0.5, 0.6) is 0 Å². The van der Waals surface area contributed by atoms with Crippen LogP contribution >= 0.6 is 0 Å². The highest BCUT2D eigenvalue weighted by Crippen LogP contribution is 2.23. The normalized spacial score (nSPS) is 24.9. The molecule has 1 rings (SSSR count). The average Bonchev–Trinajstić information content (AvgIpc) is 2.34. The van der Waals surface area contributed by atoms with Gasteiger partial charge in [-0.15, -0.1) is 0 Å². The Bertz CT molecular complexity index is 267. The lowest BCUT2D eigenvalue weighted by molar-refractivity contribution is -0.131. The summed E-state index contributed by atoms with van der Waals surface area (Å²) in [5, 5.41) is 3.10. The molecule has 1 heterocycles. The topological polar surface area (TPSA) is 64.3 Å². The summed E-state index contributed by atoms with van der Waals surface area (Å²) in [6.07, 6.45) is 2.90. The summed E-state index contributed by atoms with van der Waals surface area (Å²) in [7, 11) is 0. The molecule has 4 heteroatoms. The van der Waals surface area contributed by atoms with Crippen molar-refractivity contribution in [2.75, 3.05) is 26.3 Å². The van der Waals surface area contributed by atoms with Crippen LogP contribution in [0.15, 0.2) is 0 Å². The maximum Gasteiger partial charge on any atom is 0.223 e. The Hall–Kier alpha value is -0.610. The van der Waals surface area contributed by atoms with Gasteiger partial charge in [-0.25, -0.2) is 0 Å². The molecule has 2 unspecified atom stereocenters. The lowest BCUT2D eigenvalue weighted by Gasteiger charge is -2.30. The molecular formula is C14H28N2O2. The van der Waals surface area contributed by atoms with Crippen molar-refractivity contribution in [3.63, 3.8) is 0 Å². The quantitative estimate of drug-likeness (QED) is 0.757. The molecule has 0 aromatic heterocycles. The van der Waals surface area contributed by atoms with Crippen LogP contribution in [0, 0.1) is 17.3 Å². The third-order valence-corrected chi connectivity index (χ3v) is 3.78. The summed E-state index contributed by atoms with van der Waals surface area (Å²) in [5.41, 5.74) is 5.65. The van der Waals surface area contributed by atoms with E-state index in [2.05, 4.69) is 26.1 Å². The van der Waals surface area contributed by atoms with Crippen LogP contribution < -0.4 is 11.1 Å². The van der Waals surface area contributed by atoms with E-state index in [4.69, 9.17) is 10.5 Å². The van der Waals surface area contributed by atoms with E-state index in [0.717, 1.165) is 25.8 Å². The number of hydrogen-bond acceptors (Lipinski definition) is 3. The molecule has 1 amide bonds. The van der Waals surface area contributed by atoms with Gasteiger partial charge in [0, 0.05) is 25.7 Å². The Morgan fingerprint density at radius 2 is 2.22 bits per heavy atom. The van der Waals surface area contributed by atoms with Crippen molar-refractivity contribution in [2.45, 2.75) is 40.0 Å². The van der Waals surface area contributed by atoms with Crippen molar-refractivity contribution in [3.05, 3.63) is 0 Å². The van der Waals surface area contributed by atoms with Gasteiger partial charge in [0.05, 0.1) is 0 Å². The number of nitrogens with two attached hydrogens (primary N) is 1. The van der Waals surface area contributed by atoms with Gasteiger partial charge in [0.25, 0.3) is 0 Å². The minimum atomic E-state index is 0.115. The van der Waals surface area contributed by atoms with E-state index < -0.39 is 0 Å². The molecule has 0 spiro atoms. The molecule has 1 aliphatic heterocycles. The molecule has 1 saturated heterocycles. The van der Waals surface area contributed by atoms with Crippen molar-refractivity contribution in [3.8, 4) is 0 Å². The van der Waals surface area contributed by atoms with E-state index in [1.165, 1.54) is 0 Å². The first-order valence-corrected chi connectivity index (χ1v) is 7.02. The van der Waals surface area contributed by atoms with E-state index in [1.807, 2.05) is 0 Å². The van der Waals surface area contributed by atoms with E-state index in [0.29, 0.717) is 25.7 Å². The van der Waals surface area contributed by atoms with Crippen LogP contribution in [0.4, 0.5) is 0 Å². The summed E-state index contributed by atoms with van der Waals surface area (Å²) in [6, 6.07) is 0. The van der Waals surface area contributed by atoms with Crippen LogP contribution in [-0.4, -0.2) is 32.2 Å². The van der Waals surface area contributed by atoms with Crippen molar-refractivity contribution in [1.29, 1.82) is 0 Å². The third kappa shape index (κ3) is 4.94. The SMILES string of the molecule is CC1COCCC1C(=O)NCC(C)(C)CCCN. The molecule has 4 nitrogen and oxygen atoms in total. The summed E-state index contributed by atoms with van der Waals surface area (Å²) in [5.74, 6) is 0.626. The predicted molar refractivity (Wildman–Crippen MR) is 73.2 cm³/mol. The fourth-order valence-corrected chi connectivity index (χ4v) is 2.40. The average molecular weight is 256 g/mol. The number of carbonyl (C=O) groups is 1. The molecule has 0 saturated carbocycles. The lowest BCUT2D eigenvalue weighted by Crippen LogP contribution is -2.42. The first-order valence-electron chi connectivity index (χ1n) is 7.02. The van der Waals surface area contributed by atoms with Gasteiger partial charge < -0.3 is 15.8 Å². The first-order chi connectivity index (χ1) is 8.46. The molecule has 0 aliphatic carbocycles. The number of nitrogens with one attached hydrogen (secondary N) is 1. The number of hydrogen-bond donors (Lipinski definition) is 2. The molecular weight excluding hydrogens is 228 g/mol. The highest BCUT2D eigenvalue weighted by molar-refractivity contribution is 5.79. The van der Waals surface area contributed by atoms with Crippen molar-refractivity contribution >= 4 is 5.91 Å². The van der Waals surface area contributed by atoms with E-state index in [1.54, 1.807) is 0 Å². The summed E-state index contributed by atoms with van der Waals surface area (Å²) < 4.78 is 5.37. The zero-order chi connectivity index (χ0) is 13.6. The van der Waals surface area contributed by atoms with E-state index in [-0.39, 0.29) is 17.2 Å². The summed E-state index contributed by atoms with van der Waals surface area (Å²) in [6.45, 7) is 9.30. The van der Waals surface area contributed by atoms with Gasteiger partial charge in [-0.05, 0) is 37.1 Å². The second-order valence-corrected chi connectivity index (χ2v) is 6.22. The van der Waals surface area contributed by atoms with Gasteiger partial charge in [0.15, 0.2) is 0 Å². The van der Waals surface area contributed by atoms with Gasteiger partial charge in [-0.1, -0.05) is 20.8 Å². The number of amides is 1. The number of rotatable bonds is 6. The Morgan fingerprint density at radius 1 is 1.50 bits per heavy atom. The Labute approximate surface area is 111 Å². The number of ether oxygens (including phenoxy) is 1. The second kappa shape index (κ2) is 7.10. The standard InChI is InChI=1S/C14H28N2O2/c1-11-9-18-8-5-12(11)13(17)16-10-14(2,3)6-4-7-15/h11-12H,4-10,15H2,1-3H3,(H,16,17). The van der Waals surface area contributed by atoms with E-state index in [9.17, 15) is 4.79 Å². The molecule has 18 heavy (non-hydrogen) atoms. The molecule has 0 aromatic rings. The van der Waals surface area contributed by atoms with Gasteiger partial charge in [-0.3, -0.25) is 4.79 Å². The van der Waals surface area contributed by atoms with Crippen molar-refractivity contribution < 1.29 is 9.53 Å². The van der Waals surface area contributed by atoms with Gasteiger partial charge in [-0.2, -0.15) is 0 Å². The monoisotopic (exact) mass is 256 g/mol. The Morgan fingerprint density at radius 3 is 2.83 bits per heavy atom. The van der Waals surface area contributed by atoms with Gasteiger partial charge >= 0.3 is 0 Å². The van der Waals surface area contributed by atoms with Crippen LogP contribution in [0.1, 0.15) is 40.0 Å². The van der Waals surface area contributed by atoms with Crippen molar-refractivity contribution in [2.24, 2.45) is 23.0 Å². The van der Waals surface area contributed by atoms with Crippen LogP contribution in [0.2, 0.25) is 0 Å². The maximum absolute atomic E-state index is 12.1. The van der Waals surface area contributed by atoms with E-state index >= 15 is 0 Å². The summed E-state index contributed by atoms with van der Waals surface area (Å²) in [4.78, 5) is 12.1. The minimum Gasteiger partial charge on any atom is -0.381 e. The van der Waals surface area contributed by atoms with Crippen molar-refractivity contribution in [1.82, 2.24) is 5.32 Å². The number of carbonyl (C=O) groups excluding carboxylic acids is 1. The molecule has 0 bridgehead atoms. The largest absolute Gasteiger partial charge is 0.381 e. The van der Waals surface area contributed by atoms with Crippen LogP contribution in [-0.2, 0) is 9.53 Å². The molecule has 0 radical (unpaired) electrons. The molecule has 1 aliphatic rings. The van der Waals surface area contributed by atoms with Gasteiger partial charge in [0.2, 0.25) is 5.91 Å². The first kappa shape index (κ1) is 15.4. The Kier molecular flexibility index (Phi) is 6.09. The van der Waals surface area contributed by atoms with Gasteiger partial charge in [0.1, 0.15) is 0 Å². The highest BCUT2D eigenvalue weighted by Gasteiger charge is 2.29. The molecule has 1 fully saturated rings. The molecule has 3 N–H and O–H groups in total. The fraction of sp³-hybridized carbons (Fsp3) is 0.929. The lowest BCUT2D eigenvalue weighted by atomic mass is 9.86. The second-order valence-electron chi connectivity index (χ2n) is 6.22. The third-order valence-electron chi connectivity index (χ3n) is 3.78. The molecule has 0 aromatic carbocycles. The minimum absolute atomic E-state index is 0.115. The van der Waals surface area contributed by atoms with Crippen LogP contribution in [0.25, 0.3) is 0 Å². The van der Waals surface area contributed by atoms with Crippen LogP contribution in [0.3, 0.4) is 0 Å². The predicted octanol–water partition coefficient (Wildman–Crippen LogP) is 1.54. The highest BCUT2D eigenvalue weighted by atomic mass is 16.5. The summed E-state index contributed by atoms with van der Waals surface area (Å²) >= 11 is 0. The zero-order valence-electron chi connectivity index (χ0n) is 12.0.